The van der Waals surface area contributed by atoms with Crippen molar-refractivity contribution in [3.05, 3.63) is 23.2 Å². The Bertz CT molecular complexity index is 382. The third kappa shape index (κ3) is 3.03. The van der Waals surface area contributed by atoms with E-state index in [1.165, 1.54) is 0 Å². The van der Waals surface area contributed by atoms with Gasteiger partial charge in [0.2, 0.25) is 0 Å². The largest absolute Gasteiger partial charge is 0.495 e. The SMILES string of the molecule is CCN(C)C(=O)Nc1cc(Cl)ccc1OC. The quantitative estimate of drug-likeness (QED) is 0.886. The lowest BCUT2D eigenvalue weighted by molar-refractivity contribution is 0.224. The normalized spacial score (nSPS) is 9.75. The summed E-state index contributed by atoms with van der Waals surface area (Å²) in [6.45, 7) is 2.53. The van der Waals surface area contributed by atoms with Crippen molar-refractivity contribution in [3.63, 3.8) is 0 Å². The third-order valence-electron chi connectivity index (χ3n) is 2.22. The van der Waals surface area contributed by atoms with E-state index < -0.39 is 0 Å². The van der Waals surface area contributed by atoms with Gasteiger partial charge in [-0.15, -0.1) is 0 Å². The number of carbonyl (C=O) groups is 1. The molecule has 1 aromatic rings. The maximum Gasteiger partial charge on any atom is 0.321 e. The molecule has 1 rings (SSSR count). The summed E-state index contributed by atoms with van der Waals surface area (Å²) in [6.07, 6.45) is 0. The molecular formula is C11H15ClN2O2. The molecule has 0 aliphatic rings. The number of anilines is 1. The molecule has 5 heteroatoms. The maximum atomic E-state index is 11.6. The molecular weight excluding hydrogens is 228 g/mol. The van der Waals surface area contributed by atoms with Crippen LogP contribution in [0.1, 0.15) is 6.92 Å². The van der Waals surface area contributed by atoms with Crippen LogP contribution < -0.4 is 10.1 Å². The molecule has 0 aromatic heterocycles. The topological polar surface area (TPSA) is 41.6 Å². The van der Waals surface area contributed by atoms with E-state index in [0.29, 0.717) is 23.0 Å². The van der Waals surface area contributed by atoms with E-state index in [4.69, 9.17) is 16.3 Å². The number of nitrogens with one attached hydrogen (secondary N) is 1. The van der Waals surface area contributed by atoms with Gasteiger partial charge in [-0.1, -0.05) is 11.6 Å². The summed E-state index contributed by atoms with van der Waals surface area (Å²) in [5.41, 5.74) is 0.570. The lowest BCUT2D eigenvalue weighted by Gasteiger charge is -2.17. The van der Waals surface area contributed by atoms with Gasteiger partial charge in [-0.2, -0.15) is 0 Å². The van der Waals surface area contributed by atoms with E-state index in [1.54, 1.807) is 37.3 Å². The first-order valence-electron chi connectivity index (χ1n) is 4.94. The van der Waals surface area contributed by atoms with Crippen molar-refractivity contribution in [2.75, 3.05) is 26.0 Å². The number of rotatable bonds is 3. The van der Waals surface area contributed by atoms with Crippen molar-refractivity contribution in [2.24, 2.45) is 0 Å². The first kappa shape index (κ1) is 12.6. The Morgan fingerprint density at radius 2 is 2.25 bits per heavy atom. The minimum atomic E-state index is -0.192. The van der Waals surface area contributed by atoms with Crippen molar-refractivity contribution < 1.29 is 9.53 Å². The summed E-state index contributed by atoms with van der Waals surface area (Å²) < 4.78 is 5.12. The number of halogens is 1. The predicted molar refractivity (Wildman–Crippen MR) is 65.3 cm³/mol. The first-order valence-corrected chi connectivity index (χ1v) is 5.32. The molecule has 0 heterocycles. The Balaban J connectivity index is 2.87. The maximum absolute atomic E-state index is 11.6. The zero-order chi connectivity index (χ0) is 12.1. The Morgan fingerprint density at radius 3 is 2.81 bits per heavy atom. The summed E-state index contributed by atoms with van der Waals surface area (Å²) in [6, 6.07) is 4.88. The van der Waals surface area contributed by atoms with Gasteiger partial charge in [0.25, 0.3) is 0 Å². The highest BCUT2D eigenvalue weighted by Gasteiger charge is 2.10. The highest BCUT2D eigenvalue weighted by atomic mass is 35.5. The minimum Gasteiger partial charge on any atom is -0.495 e. The van der Waals surface area contributed by atoms with Gasteiger partial charge in [-0.25, -0.2) is 4.79 Å². The number of carbonyl (C=O) groups excluding carboxylic acids is 1. The number of benzene rings is 1. The Morgan fingerprint density at radius 1 is 1.56 bits per heavy atom. The second-order valence-corrected chi connectivity index (χ2v) is 3.73. The van der Waals surface area contributed by atoms with E-state index in [2.05, 4.69) is 5.32 Å². The fraction of sp³-hybridized carbons (Fsp3) is 0.364. The number of urea groups is 1. The van der Waals surface area contributed by atoms with E-state index in [-0.39, 0.29) is 6.03 Å². The number of hydrogen-bond acceptors (Lipinski definition) is 2. The molecule has 0 aliphatic carbocycles. The molecule has 0 bridgehead atoms. The van der Waals surface area contributed by atoms with E-state index in [1.807, 2.05) is 6.92 Å². The van der Waals surface area contributed by atoms with Gasteiger partial charge in [0.05, 0.1) is 12.8 Å². The molecule has 4 nitrogen and oxygen atoms in total. The Kier molecular flexibility index (Phi) is 4.43. The molecule has 0 unspecified atom stereocenters. The van der Waals surface area contributed by atoms with Crippen LogP contribution >= 0.6 is 11.6 Å². The Hall–Kier alpha value is -1.42. The first-order chi connectivity index (χ1) is 7.58. The van der Waals surface area contributed by atoms with Gasteiger partial charge < -0.3 is 15.0 Å². The fourth-order valence-corrected chi connectivity index (χ4v) is 1.30. The lowest BCUT2D eigenvalue weighted by Crippen LogP contribution is -2.31. The molecule has 16 heavy (non-hydrogen) atoms. The van der Waals surface area contributed by atoms with Crippen molar-refractivity contribution in [1.82, 2.24) is 4.90 Å². The van der Waals surface area contributed by atoms with Gasteiger partial charge in [-0.05, 0) is 25.1 Å². The van der Waals surface area contributed by atoms with Crippen molar-refractivity contribution in [2.45, 2.75) is 6.92 Å². The molecule has 0 atom stereocenters. The number of ether oxygens (including phenoxy) is 1. The van der Waals surface area contributed by atoms with E-state index in [9.17, 15) is 4.79 Å². The van der Waals surface area contributed by atoms with Crippen LogP contribution in [0, 0.1) is 0 Å². The number of hydrogen-bond donors (Lipinski definition) is 1. The number of amides is 2. The van der Waals surface area contributed by atoms with Crippen LogP contribution in [0.2, 0.25) is 5.02 Å². The average Bonchev–Trinajstić information content (AvgIpc) is 2.28. The van der Waals surface area contributed by atoms with Crippen LogP contribution in [0.4, 0.5) is 10.5 Å². The monoisotopic (exact) mass is 242 g/mol. The minimum absolute atomic E-state index is 0.192. The molecule has 0 fully saturated rings. The molecule has 0 radical (unpaired) electrons. The van der Waals surface area contributed by atoms with Crippen LogP contribution in [0.5, 0.6) is 5.75 Å². The van der Waals surface area contributed by atoms with Gasteiger partial charge >= 0.3 is 6.03 Å². The molecule has 88 valence electrons. The van der Waals surface area contributed by atoms with Crippen molar-refractivity contribution in [1.29, 1.82) is 0 Å². The molecule has 0 aliphatic heterocycles. The zero-order valence-corrected chi connectivity index (χ0v) is 10.3. The zero-order valence-electron chi connectivity index (χ0n) is 9.58. The third-order valence-corrected chi connectivity index (χ3v) is 2.46. The predicted octanol–water partition coefficient (Wildman–Crippen LogP) is 2.83. The second kappa shape index (κ2) is 5.61. The summed E-state index contributed by atoms with van der Waals surface area (Å²) in [5.74, 6) is 0.585. The molecule has 2 amide bonds. The average molecular weight is 243 g/mol. The second-order valence-electron chi connectivity index (χ2n) is 3.29. The van der Waals surface area contributed by atoms with Crippen LogP contribution in [-0.4, -0.2) is 31.6 Å². The van der Waals surface area contributed by atoms with Gasteiger partial charge in [-0.3, -0.25) is 0 Å². The van der Waals surface area contributed by atoms with Crippen molar-refractivity contribution in [3.8, 4) is 5.75 Å². The summed E-state index contributed by atoms with van der Waals surface area (Å²) >= 11 is 5.85. The fourth-order valence-electron chi connectivity index (χ4n) is 1.13. The smallest absolute Gasteiger partial charge is 0.321 e. The van der Waals surface area contributed by atoms with Gasteiger partial charge in [0, 0.05) is 18.6 Å². The van der Waals surface area contributed by atoms with Crippen molar-refractivity contribution >= 4 is 23.3 Å². The highest BCUT2D eigenvalue weighted by Crippen LogP contribution is 2.27. The summed E-state index contributed by atoms with van der Waals surface area (Å²) in [7, 11) is 3.26. The molecule has 0 saturated carbocycles. The van der Waals surface area contributed by atoms with E-state index >= 15 is 0 Å². The lowest BCUT2D eigenvalue weighted by atomic mass is 10.3. The summed E-state index contributed by atoms with van der Waals surface area (Å²) in [5, 5.41) is 3.28. The van der Waals surface area contributed by atoms with Gasteiger partial charge in [0.1, 0.15) is 5.75 Å². The van der Waals surface area contributed by atoms with Crippen LogP contribution in [0.25, 0.3) is 0 Å². The number of methoxy groups -OCH3 is 1. The molecule has 0 spiro atoms. The number of nitrogens with zero attached hydrogens (tertiary/aromatic N) is 1. The molecule has 0 saturated heterocycles. The van der Waals surface area contributed by atoms with Gasteiger partial charge in [0.15, 0.2) is 0 Å². The van der Waals surface area contributed by atoms with Crippen LogP contribution in [0.15, 0.2) is 18.2 Å². The molecule has 1 N–H and O–H groups in total. The molecule has 1 aromatic carbocycles. The van der Waals surface area contributed by atoms with Crippen LogP contribution in [-0.2, 0) is 0 Å². The van der Waals surface area contributed by atoms with E-state index in [0.717, 1.165) is 0 Å². The standard InChI is InChI=1S/C11H15ClN2O2/c1-4-14(2)11(15)13-9-7-8(12)5-6-10(9)16-3/h5-7H,4H2,1-3H3,(H,13,15). The highest BCUT2D eigenvalue weighted by molar-refractivity contribution is 6.31. The summed E-state index contributed by atoms with van der Waals surface area (Å²) in [4.78, 5) is 13.2. The van der Waals surface area contributed by atoms with Crippen LogP contribution in [0.3, 0.4) is 0 Å². The Labute approximate surface area is 100 Å².